The largest absolute Gasteiger partial charge is 0.342 e. The molecule has 3 nitrogen and oxygen atoms in total. The molecule has 1 aromatic carbocycles. The Labute approximate surface area is 128 Å². The Balaban J connectivity index is 1.62. The van der Waals surface area contributed by atoms with E-state index in [4.69, 9.17) is 0 Å². The van der Waals surface area contributed by atoms with E-state index < -0.39 is 0 Å². The van der Waals surface area contributed by atoms with Crippen molar-refractivity contribution in [2.45, 2.75) is 39.0 Å². The molecule has 0 bridgehead atoms. The average molecular weight is 288 g/mol. The number of carbonyl (C=O) groups excluding carboxylic acids is 1. The number of rotatable bonds is 7. The summed E-state index contributed by atoms with van der Waals surface area (Å²) in [5, 5.41) is 3.21. The van der Waals surface area contributed by atoms with Gasteiger partial charge in [-0.25, -0.2) is 0 Å². The van der Waals surface area contributed by atoms with E-state index in [-0.39, 0.29) is 0 Å². The fraction of sp³-hybridized carbons (Fsp3) is 0.611. The lowest BCUT2D eigenvalue weighted by molar-refractivity contribution is -0.130. The van der Waals surface area contributed by atoms with E-state index in [1.165, 1.54) is 11.1 Å². The number of carbonyl (C=O) groups is 1. The second kappa shape index (κ2) is 8.18. The molecule has 1 heterocycles. The van der Waals surface area contributed by atoms with Gasteiger partial charge in [-0.15, -0.1) is 0 Å². The highest BCUT2D eigenvalue weighted by Crippen LogP contribution is 2.17. The lowest BCUT2D eigenvalue weighted by Crippen LogP contribution is -2.30. The fourth-order valence-corrected chi connectivity index (χ4v) is 3.03. The third-order valence-electron chi connectivity index (χ3n) is 4.36. The minimum atomic E-state index is 0.345. The summed E-state index contributed by atoms with van der Waals surface area (Å²) in [6, 6.07) is 8.71. The van der Waals surface area contributed by atoms with Crippen LogP contribution in [-0.2, 0) is 11.2 Å². The first-order chi connectivity index (χ1) is 10.2. The summed E-state index contributed by atoms with van der Waals surface area (Å²) in [5.74, 6) is 0.990. The zero-order valence-corrected chi connectivity index (χ0v) is 13.4. The Morgan fingerprint density at radius 3 is 2.76 bits per heavy atom. The molecule has 1 aromatic rings. The van der Waals surface area contributed by atoms with E-state index in [1.54, 1.807) is 0 Å². The zero-order valence-electron chi connectivity index (χ0n) is 13.4. The van der Waals surface area contributed by atoms with Crippen LogP contribution in [0.25, 0.3) is 0 Å². The number of likely N-dealkylation sites (tertiary alicyclic amines) is 1. The first-order valence-corrected chi connectivity index (χ1v) is 8.17. The third kappa shape index (κ3) is 5.16. The number of hydrogen-bond acceptors (Lipinski definition) is 2. The van der Waals surface area contributed by atoms with E-state index >= 15 is 0 Å². The first kappa shape index (κ1) is 16.0. The highest BCUT2D eigenvalue weighted by molar-refractivity contribution is 5.76. The molecule has 1 aliphatic rings. The summed E-state index contributed by atoms with van der Waals surface area (Å²) in [5.41, 5.74) is 2.68. The molecule has 0 spiro atoms. The smallest absolute Gasteiger partial charge is 0.222 e. The SMILES string of the molecule is CNCC1CCN(C(=O)CCCCc2ccc(C)cc2)C1. The van der Waals surface area contributed by atoms with Crippen LogP contribution in [0.4, 0.5) is 0 Å². The quantitative estimate of drug-likeness (QED) is 0.783. The summed E-state index contributed by atoms with van der Waals surface area (Å²) < 4.78 is 0. The van der Waals surface area contributed by atoms with Gasteiger partial charge in [0.2, 0.25) is 5.91 Å². The van der Waals surface area contributed by atoms with Crippen molar-refractivity contribution >= 4 is 5.91 Å². The summed E-state index contributed by atoms with van der Waals surface area (Å²) in [6.45, 7) is 5.03. The van der Waals surface area contributed by atoms with Gasteiger partial charge in [-0.05, 0) is 57.7 Å². The lowest BCUT2D eigenvalue weighted by atomic mass is 10.1. The van der Waals surface area contributed by atoms with Crippen molar-refractivity contribution in [2.75, 3.05) is 26.7 Å². The molecule has 1 unspecified atom stereocenters. The predicted molar refractivity (Wildman–Crippen MR) is 87.3 cm³/mol. The second-order valence-corrected chi connectivity index (χ2v) is 6.24. The van der Waals surface area contributed by atoms with Gasteiger partial charge < -0.3 is 10.2 Å². The second-order valence-electron chi connectivity index (χ2n) is 6.24. The van der Waals surface area contributed by atoms with Crippen molar-refractivity contribution in [2.24, 2.45) is 5.92 Å². The minimum absolute atomic E-state index is 0.345. The molecule has 0 aliphatic carbocycles. The molecule has 1 N–H and O–H groups in total. The molecular weight excluding hydrogens is 260 g/mol. The van der Waals surface area contributed by atoms with Gasteiger partial charge in [0.1, 0.15) is 0 Å². The van der Waals surface area contributed by atoms with Gasteiger partial charge in [-0.3, -0.25) is 4.79 Å². The number of hydrogen-bond donors (Lipinski definition) is 1. The highest BCUT2D eigenvalue weighted by atomic mass is 16.2. The van der Waals surface area contributed by atoms with E-state index in [0.717, 1.165) is 45.3 Å². The maximum atomic E-state index is 12.2. The number of amides is 1. The van der Waals surface area contributed by atoms with Crippen LogP contribution in [0.3, 0.4) is 0 Å². The molecule has 3 heteroatoms. The topological polar surface area (TPSA) is 32.3 Å². The molecule has 21 heavy (non-hydrogen) atoms. The monoisotopic (exact) mass is 288 g/mol. The van der Waals surface area contributed by atoms with Gasteiger partial charge in [0.15, 0.2) is 0 Å². The van der Waals surface area contributed by atoms with E-state index in [1.807, 2.05) is 11.9 Å². The molecule has 1 aliphatic heterocycles. The van der Waals surface area contributed by atoms with Crippen molar-refractivity contribution in [3.05, 3.63) is 35.4 Å². The van der Waals surface area contributed by atoms with Crippen LogP contribution in [0.5, 0.6) is 0 Å². The Morgan fingerprint density at radius 1 is 1.29 bits per heavy atom. The van der Waals surface area contributed by atoms with Crippen molar-refractivity contribution in [1.82, 2.24) is 10.2 Å². The molecule has 1 fully saturated rings. The first-order valence-electron chi connectivity index (χ1n) is 8.17. The zero-order chi connectivity index (χ0) is 15.1. The van der Waals surface area contributed by atoms with E-state index in [9.17, 15) is 4.79 Å². The van der Waals surface area contributed by atoms with E-state index in [0.29, 0.717) is 18.2 Å². The molecule has 1 atom stereocenters. The number of nitrogens with one attached hydrogen (secondary N) is 1. The van der Waals surface area contributed by atoms with Crippen LogP contribution in [0.15, 0.2) is 24.3 Å². The maximum Gasteiger partial charge on any atom is 0.222 e. The minimum Gasteiger partial charge on any atom is -0.342 e. The Bertz CT molecular complexity index is 441. The fourth-order valence-electron chi connectivity index (χ4n) is 3.03. The van der Waals surface area contributed by atoms with Gasteiger partial charge in [0.25, 0.3) is 0 Å². The molecule has 116 valence electrons. The summed E-state index contributed by atoms with van der Waals surface area (Å²) in [6.07, 6.45) is 5.03. The third-order valence-corrected chi connectivity index (χ3v) is 4.36. The number of benzene rings is 1. The number of aryl methyl sites for hydroxylation is 2. The Kier molecular flexibility index (Phi) is 6.24. The van der Waals surface area contributed by atoms with Gasteiger partial charge in [0, 0.05) is 19.5 Å². The lowest BCUT2D eigenvalue weighted by Gasteiger charge is -2.16. The van der Waals surface area contributed by atoms with Gasteiger partial charge in [0.05, 0.1) is 0 Å². The van der Waals surface area contributed by atoms with Crippen molar-refractivity contribution in [3.63, 3.8) is 0 Å². The van der Waals surface area contributed by atoms with Crippen LogP contribution < -0.4 is 5.32 Å². The van der Waals surface area contributed by atoms with Gasteiger partial charge >= 0.3 is 0 Å². The molecule has 0 radical (unpaired) electrons. The average Bonchev–Trinajstić information content (AvgIpc) is 2.94. The van der Waals surface area contributed by atoms with Crippen LogP contribution in [-0.4, -0.2) is 37.5 Å². The molecule has 1 saturated heterocycles. The molecular formula is C18H28N2O. The number of nitrogens with zero attached hydrogens (tertiary/aromatic N) is 1. The molecule has 0 saturated carbocycles. The van der Waals surface area contributed by atoms with Crippen molar-refractivity contribution < 1.29 is 4.79 Å². The summed E-state index contributed by atoms with van der Waals surface area (Å²) in [4.78, 5) is 14.2. The number of unbranched alkanes of at least 4 members (excludes halogenated alkanes) is 1. The Morgan fingerprint density at radius 2 is 2.05 bits per heavy atom. The normalized spacial score (nSPS) is 18.2. The van der Waals surface area contributed by atoms with Crippen LogP contribution in [0.1, 0.15) is 36.8 Å². The van der Waals surface area contributed by atoms with Gasteiger partial charge in [-0.1, -0.05) is 29.8 Å². The van der Waals surface area contributed by atoms with Crippen LogP contribution in [0, 0.1) is 12.8 Å². The highest BCUT2D eigenvalue weighted by Gasteiger charge is 2.24. The molecule has 0 aromatic heterocycles. The van der Waals surface area contributed by atoms with Crippen molar-refractivity contribution in [1.29, 1.82) is 0 Å². The Hall–Kier alpha value is -1.35. The predicted octanol–water partition coefficient (Wildman–Crippen LogP) is 2.78. The standard InChI is InChI=1S/C18H28N2O/c1-15-7-9-16(10-8-15)5-3-4-6-18(21)20-12-11-17(14-20)13-19-2/h7-10,17,19H,3-6,11-14H2,1-2H3. The van der Waals surface area contributed by atoms with Crippen LogP contribution >= 0.6 is 0 Å². The summed E-state index contributed by atoms with van der Waals surface area (Å²) in [7, 11) is 1.98. The molecule has 1 amide bonds. The van der Waals surface area contributed by atoms with Crippen molar-refractivity contribution in [3.8, 4) is 0 Å². The van der Waals surface area contributed by atoms with Crippen LogP contribution in [0.2, 0.25) is 0 Å². The maximum absolute atomic E-state index is 12.2. The van der Waals surface area contributed by atoms with Gasteiger partial charge in [-0.2, -0.15) is 0 Å². The molecule has 2 rings (SSSR count). The van der Waals surface area contributed by atoms with E-state index in [2.05, 4.69) is 36.5 Å². The summed E-state index contributed by atoms with van der Waals surface area (Å²) >= 11 is 0.